The fourth-order valence-corrected chi connectivity index (χ4v) is 5.54. The molecule has 2 saturated heterocycles. The lowest BCUT2D eigenvalue weighted by atomic mass is 10.0. The SMILES string of the molecule is O=C1NC[C@@H](CCC(=O)N2CCc3ccccc32)N2C[C@@H](NCc3cccc(Cl)c3)C[C@@H]12. The van der Waals surface area contributed by atoms with Gasteiger partial charge in [0.05, 0.1) is 6.04 Å². The Kier molecular flexibility index (Phi) is 6.17. The van der Waals surface area contributed by atoms with Crippen molar-refractivity contribution in [2.75, 3.05) is 24.5 Å². The van der Waals surface area contributed by atoms with Gasteiger partial charge >= 0.3 is 0 Å². The number of amides is 2. The number of nitrogens with one attached hydrogen (secondary N) is 2. The third-order valence-electron chi connectivity index (χ3n) is 6.99. The predicted molar refractivity (Wildman–Crippen MR) is 126 cm³/mol. The van der Waals surface area contributed by atoms with E-state index >= 15 is 0 Å². The lowest BCUT2D eigenvalue weighted by Gasteiger charge is -2.37. The topological polar surface area (TPSA) is 64.7 Å². The van der Waals surface area contributed by atoms with Gasteiger partial charge in [-0.1, -0.05) is 41.9 Å². The zero-order valence-corrected chi connectivity index (χ0v) is 18.9. The van der Waals surface area contributed by atoms with E-state index in [9.17, 15) is 9.59 Å². The quantitative estimate of drug-likeness (QED) is 0.707. The van der Waals surface area contributed by atoms with Crippen molar-refractivity contribution in [3.05, 3.63) is 64.7 Å². The molecule has 7 heteroatoms. The summed E-state index contributed by atoms with van der Waals surface area (Å²) in [5.74, 6) is 0.284. The maximum Gasteiger partial charge on any atom is 0.237 e. The molecule has 3 atom stereocenters. The van der Waals surface area contributed by atoms with Crippen molar-refractivity contribution in [2.45, 2.75) is 50.4 Å². The molecule has 0 unspecified atom stereocenters. The number of benzene rings is 2. The van der Waals surface area contributed by atoms with Gasteiger partial charge in [-0.2, -0.15) is 0 Å². The number of nitrogens with zero attached hydrogens (tertiary/aromatic N) is 2. The molecule has 2 aromatic carbocycles. The van der Waals surface area contributed by atoms with Gasteiger partial charge in [-0.3, -0.25) is 14.5 Å². The van der Waals surface area contributed by atoms with Gasteiger partial charge in [0.15, 0.2) is 0 Å². The highest BCUT2D eigenvalue weighted by Gasteiger charge is 2.43. The number of piperazine rings is 1. The number of hydrogen-bond acceptors (Lipinski definition) is 4. The standard InChI is InChI=1S/C25H29ClN4O2/c26-19-6-3-4-17(12-19)14-27-20-13-23-25(32)28-15-21(30(23)16-20)8-9-24(31)29-11-10-18-5-1-2-7-22(18)29/h1-7,12,20-21,23,27H,8-11,13-16H2,(H,28,32)/t20-,21+,23-/m0/s1. The molecule has 0 aliphatic carbocycles. The highest BCUT2D eigenvalue weighted by molar-refractivity contribution is 6.30. The van der Waals surface area contributed by atoms with Gasteiger partial charge < -0.3 is 15.5 Å². The number of carbonyl (C=O) groups is 2. The second-order valence-electron chi connectivity index (χ2n) is 9.02. The Bertz CT molecular complexity index is 1010. The normalized spacial score (nSPS) is 24.8. The summed E-state index contributed by atoms with van der Waals surface area (Å²) >= 11 is 6.09. The van der Waals surface area contributed by atoms with Crippen LogP contribution in [0.4, 0.5) is 5.69 Å². The molecular weight excluding hydrogens is 424 g/mol. The van der Waals surface area contributed by atoms with Crippen LogP contribution in [0.5, 0.6) is 0 Å². The average Bonchev–Trinajstić information content (AvgIpc) is 3.42. The lowest BCUT2D eigenvalue weighted by molar-refractivity contribution is -0.129. The zero-order valence-electron chi connectivity index (χ0n) is 18.1. The molecule has 6 nitrogen and oxygen atoms in total. The maximum atomic E-state index is 13.0. The minimum atomic E-state index is -0.117. The molecule has 5 rings (SSSR count). The van der Waals surface area contributed by atoms with Gasteiger partial charge in [-0.05, 0) is 48.6 Å². The van der Waals surface area contributed by atoms with E-state index in [-0.39, 0.29) is 29.9 Å². The van der Waals surface area contributed by atoms with Crippen LogP contribution in [-0.2, 0) is 22.6 Å². The van der Waals surface area contributed by atoms with Gasteiger partial charge in [0.1, 0.15) is 0 Å². The Morgan fingerprint density at radius 1 is 1.19 bits per heavy atom. The van der Waals surface area contributed by atoms with Crippen molar-refractivity contribution in [3.8, 4) is 0 Å². The molecule has 3 heterocycles. The molecule has 0 spiro atoms. The molecule has 0 radical (unpaired) electrons. The number of hydrogen-bond donors (Lipinski definition) is 2. The summed E-state index contributed by atoms with van der Waals surface area (Å²) in [6, 6.07) is 16.3. The van der Waals surface area contributed by atoms with E-state index in [0.717, 1.165) is 55.2 Å². The monoisotopic (exact) mass is 452 g/mol. The van der Waals surface area contributed by atoms with Crippen LogP contribution < -0.4 is 15.5 Å². The van der Waals surface area contributed by atoms with Crippen LogP contribution in [0.15, 0.2) is 48.5 Å². The van der Waals surface area contributed by atoms with Crippen molar-refractivity contribution in [2.24, 2.45) is 0 Å². The second-order valence-corrected chi connectivity index (χ2v) is 9.45. The lowest BCUT2D eigenvalue weighted by Crippen LogP contribution is -2.58. The molecule has 3 aliphatic heterocycles. The summed E-state index contributed by atoms with van der Waals surface area (Å²) in [6.07, 6.45) is 2.97. The van der Waals surface area contributed by atoms with Gasteiger partial charge in [-0.15, -0.1) is 0 Å². The summed E-state index contributed by atoms with van der Waals surface area (Å²) in [6.45, 7) is 2.93. The Labute approximate surface area is 193 Å². The highest BCUT2D eigenvalue weighted by Crippen LogP contribution is 2.30. The number of carbonyl (C=O) groups excluding carboxylic acids is 2. The highest BCUT2D eigenvalue weighted by atomic mass is 35.5. The molecule has 2 N–H and O–H groups in total. The average molecular weight is 453 g/mol. The van der Waals surface area contributed by atoms with E-state index in [2.05, 4.69) is 27.7 Å². The van der Waals surface area contributed by atoms with E-state index in [0.29, 0.717) is 13.0 Å². The Hall–Kier alpha value is -2.41. The number of para-hydroxylation sites is 1. The molecule has 0 aromatic heterocycles. The molecule has 2 fully saturated rings. The molecule has 3 aliphatic rings. The number of rotatable bonds is 6. The van der Waals surface area contributed by atoms with Gasteiger partial charge in [0.2, 0.25) is 11.8 Å². The Morgan fingerprint density at radius 3 is 2.94 bits per heavy atom. The van der Waals surface area contributed by atoms with E-state index < -0.39 is 0 Å². The van der Waals surface area contributed by atoms with Gasteiger partial charge in [-0.25, -0.2) is 0 Å². The van der Waals surface area contributed by atoms with Gasteiger partial charge in [0, 0.05) is 55.4 Å². The van der Waals surface area contributed by atoms with E-state index in [1.165, 1.54) is 5.56 Å². The van der Waals surface area contributed by atoms with Crippen molar-refractivity contribution in [1.29, 1.82) is 0 Å². The van der Waals surface area contributed by atoms with Crippen LogP contribution in [0.3, 0.4) is 0 Å². The third kappa shape index (κ3) is 4.40. The number of fused-ring (bicyclic) bond motifs is 2. The molecule has 2 amide bonds. The molecule has 0 bridgehead atoms. The Morgan fingerprint density at radius 2 is 2.06 bits per heavy atom. The van der Waals surface area contributed by atoms with Crippen LogP contribution >= 0.6 is 11.6 Å². The molecule has 168 valence electrons. The first-order chi connectivity index (χ1) is 15.6. The van der Waals surface area contributed by atoms with Crippen LogP contribution in [-0.4, -0.2) is 54.5 Å². The van der Waals surface area contributed by atoms with Crippen molar-refractivity contribution in [1.82, 2.24) is 15.5 Å². The minimum absolute atomic E-state index is 0.105. The summed E-state index contributed by atoms with van der Waals surface area (Å²) in [5.41, 5.74) is 3.44. The summed E-state index contributed by atoms with van der Waals surface area (Å²) in [7, 11) is 0. The molecular formula is C25H29ClN4O2. The molecule has 0 saturated carbocycles. The predicted octanol–water partition coefficient (Wildman–Crippen LogP) is 2.74. The van der Waals surface area contributed by atoms with Gasteiger partial charge in [0.25, 0.3) is 0 Å². The van der Waals surface area contributed by atoms with Crippen LogP contribution in [0.25, 0.3) is 0 Å². The minimum Gasteiger partial charge on any atom is -0.353 e. The van der Waals surface area contributed by atoms with E-state index in [4.69, 9.17) is 11.6 Å². The Balaban J connectivity index is 1.17. The fourth-order valence-electron chi connectivity index (χ4n) is 5.32. The summed E-state index contributed by atoms with van der Waals surface area (Å²) in [4.78, 5) is 29.7. The van der Waals surface area contributed by atoms with E-state index in [1.54, 1.807) is 0 Å². The zero-order chi connectivity index (χ0) is 22.1. The van der Waals surface area contributed by atoms with Crippen molar-refractivity contribution >= 4 is 29.1 Å². The molecule has 2 aromatic rings. The molecule has 32 heavy (non-hydrogen) atoms. The van der Waals surface area contributed by atoms with Crippen LogP contribution in [0.1, 0.15) is 30.4 Å². The smallest absolute Gasteiger partial charge is 0.237 e. The first kappa shape index (κ1) is 21.4. The second kappa shape index (κ2) is 9.22. The number of halogens is 1. The largest absolute Gasteiger partial charge is 0.353 e. The van der Waals surface area contributed by atoms with Crippen LogP contribution in [0, 0.1) is 0 Å². The fraction of sp³-hybridized carbons (Fsp3) is 0.440. The summed E-state index contributed by atoms with van der Waals surface area (Å²) in [5, 5.41) is 7.39. The van der Waals surface area contributed by atoms with E-state index in [1.807, 2.05) is 41.3 Å². The van der Waals surface area contributed by atoms with Crippen molar-refractivity contribution < 1.29 is 9.59 Å². The third-order valence-corrected chi connectivity index (χ3v) is 7.22. The summed E-state index contributed by atoms with van der Waals surface area (Å²) < 4.78 is 0. The van der Waals surface area contributed by atoms with Crippen LogP contribution in [0.2, 0.25) is 5.02 Å². The maximum absolute atomic E-state index is 13.0. The first-order valence-electron chi connectivity index (χ1n) is 11.5. The first-order valence-corrected chi connectivity index (χ1v) is 11.9. The number of anilines is 1. The van der Waals surface area contributed by atoms with Crippen molar-refractivity contribution in [3.63, 3.8) is 0 Å².